The molecule has 0 radical (unpaired) electrons. The van der Waals surface area contributed by atoms with Gasteiger partial charge >= 0.3 is 0 Å². The summed E-state index contributed by atoms with van der Waals surface area (Å²) in [5.74, 6) is 0.979. The van der Waals surface area contributed by atoms with Crippen molar-refractivity contribution in [2.24, 2.45) is 5.41 Å². The van der Waals surface area contributed by atoms with Crippen molar-refractivity contribution >= 4 is 0 Å². The van der Waals surface area contributed by atoms with Crippen LogP contribution in [-0.4, -0.2) is 13.2 Å². The summed E-state index contributed by atoms with van der Waals surface area (Å²) >= 11 is 0. The molecule has 1 rings (SSSR count). The zero-order valence-corrected chi connectivity index (χ0v) is 13.1. The summed E-state index contributed by atoms with van der Waals surface area (Å²) in [6.45, 7) is 13.0. The van der Waals surface area contributed by atoms with Gasteiger partial charge in [-0.25, -0.2) is 0 Å². The molecule has 2 heteroatoms. The van der Waals surface area contributed by atoms with Crippen molar-refractivity contribution in [1.29, 1.82) is 0 Å². The SMILES string of the molecule is CCCNC(c1cccc(OCCC)c1)C(C)(C)C. The number of nitrogens with one attached hydrogen (secondary N) is 1. The van der Waals surface area contributed by atoms with E-state index >= 15 is 0 Å². The van der Waals surface area contributed by atoms with Crippen LogP contribution in [0.5, 0.6) is 5.75 Å². The van der Waals surface area contributed by atoms with Gasteiger partial charge in [-0.05, 0) is 42.5 Å². The fourth-order valence-corrected chi connectivity index (χ4v) is 2.22. The molecule has 0 saturated heterocycles. The second-order valence-corrected chi connectivity index (χ2v) is 6.17. The van der Waals surface area contributed by atoms with E-state index in [1.54, 1.807) is 0 Å². The Morgan fingerprint density at radius 2 is 1.89 bits per heavy atom. The maximum Gasteiger partial charge on any atom is 0.119 e. The van der Waals surface area contributed by atoms with Gasteiger partial charge in [0, 0.05) is 6.04 Å². The average molecular weight is 263 g/mol. The van der Waals surface area contributed by atoms with E-state index in [0.717, 1.165) is 31.7 Å². The third-order valence-electron chi connectivity index (χ3n) is 3.13. The van der Waals surface area contributed by atoms with Gasteiger partial charge in [-0.15, -0.1) is 0 Å². The maximum atomic E-state index is 5.74. The van der Waals surface area contributed by atoms with Gasteiger partial charge in [0.1, 0.15) is 5.75 Å². The number of ether oxygens (including phenoxy) is 1. The third-order valence-corrected chi connectivity index (χ3v) is 3.13. The number of hydrogen-bond donors (Lipinski definition) is 1. The van der Waals surface area contributed by atoms with E-state index in [9.17, 15) is 0 Å². The maximum absolute atomic E-state index is 5.74. The summed E-state index contributed by atoms with van der Waals surface area (Å²) in [6, 6.07) is 8.86. The topological polar surface area (TPSA) is 21.3 Å². The normalized spacial score (nSPS) is 13.3. The highest BCUT2D eigenvalue weighted by atomic mass is 16.5. The Hall–Kier alpha value is -1.02. The zero-order chi connectivity index (χ0) is 14.3. The molecule has 1 N–H and O–H groups in total. The molecule has 108 valence electrons. The van der Waals surface area contributed by atoms with E-state index in [0.29, 0.717) is 6.04 Å². The molecule has 0 aliphatic heterocycles. The first-order valence-corrected chi connectivity index (χ1v) is 7.45. The minimum Gasteiger partial charge on any atom is -0.494 e. The second-order valence-electron chi connectivity index (χ2n) is 6.17. The van der Waals surface area contributed by atoms with Gasteiger partial charge in [-0.1, -0.05) is 46.8 Å². The lowest BCUT2D eigenvalue weighted by molar-refractivity contribution is 0.271. The minimum atomic E-state index is 0.193. The highest BCUT2D eigenvalue weighted by Gasteiger charge is 2.25. The lowest BCUT2D eigenvalue weighted by Gasteiger charge is -2.32. The molecule has 0 bridgehead atoms. The molecule has 0 aromatic heterocycles. The average Bonchev–Trinajstić information content (AvgIpc) is 2.36. The van der Waals surface area contributed by atoms with Crippen molar-refractivity contribution in [2.45, 2.75) is 53.5 Å². The standard InChI is InChI=1S/C17H29NO/c1-6-11-18-16(17(3,4)5)14-9-8-10-15(13-14)19-12-7-2/h8-10,13,16,18H,6-7,11-12H2,1-5H3. The monoisotopic (exact) mass is 263 g/mol. The lowest BCUT2D eigenvalue weighted by Crippen LogP contribution is -2.32. The van der Waals surface area contributed by atoms with E-state index in [1.807, 2.05) is 6.07 Å². The number of rotatable bonds is 7. The first kappa shape index (κ1) is 16.0. The molecule has 1 aromatic rings. The van der Waals surface area contributed by atoms with Crippen LogP contribution >= 0.6 is 0 Å². The fraction of sp³-hybridized carbons (Fsp3) is 0.647. The van der Waals surface area contributed by atoms with Crippen LogP contribution < -0.4 is 10.1 Å². The number of hydrogen-bond acceptors (Lipinski definition) is 2. The van der Waals surface area contributed by atoms with Crippen LogP contribution in [-0.2, 0) is 0 Å². The molecule has 19 heavy (non-hydrogen) atoms. The van der Waals surface area contributed by atoms with Gasteiger partial charge in [-0.3, -0.25) is 0 Å². The summed E-state index contributed by atoms with van der Waals surface area (Å²) in [5.41, 5.74) is 1.51. The van der Waals surface area contributed by atoms with Crippen LogP contribution in [0.15, 0.2) is 24.3 Å². The molecular weight excluding hydrogens is 234 g/mol. The van der Waals surface area contributed by atoms with Crippen LogP contribution in [0, 0.1) is 5.41 Å². The summed E-state index contributed by atoms with van der Waals surface area (Å²) in [7, 11) is 0. The summed E-state index contributed by atoms with van der Waals surface area (Å²) in [4.78, 5) is 0. The van der Waals surface area contributed by atoms with Gasteiger partial charge < -0.3 is 10.1 Å². The first-order valence-electron chi connectivity index (χ1n) is 7.45. The lowest BCUT2D eigenvalue weighted by atomic mass is 9.82. The van der Waals surface area contributed by atoms with Crippen LogP contribution in [0.4, 0.5) is 0 Å². The Balaban J connectivity index is 2.88. The van der Waals surface area contributed by atoms with Crippen molar-refractivity contribution in [3.8, 4) is 5.75 Å². The van der Waals surface area contributed by atoms with Gasteiger partial charge in [0.15, 0.2) is 0 Å². The Morgan fingerprint density at radius 3 is 2.47 bits per heavy atom. The van der Waals surface area contributed by atoms with Crippen LogP contribution in [0.3, 0.4) is 0 Å². The molecule has 1 atom stereocenters. The summed E-state index contributed by atoms with van der Waals surface area (Å²) in [5, 5.41) is 3.65. The van der Waals surface area contributed by atoms with E-state index < -0.39 is 0 Å². The highest BCUT2D eigenvalue weighted by Crippen LogP contribution is 2.34. The van der Waals surface area contributed by atoms with Crippen molar-refractivity contribution in [3.63, 3.8) is 0 Å². The largest absolute Gasteiger partial charge is 0.494 e. The van der Waals surface area contributed by atoms with Crippen molar-refractivity contribution in [2.75, 3.05) is 13.2 Å². The molecule has 0 fully saturated rings. The molecular formula is C17H29NO. The zero-order valence-electron chi connectivity index (χ0n) is 13.1. The molecule has 0 amide bonds. The van der Waals surface area contributed by atoms with Gasteiger partial charge in [0.25, 0.3) is 0 Å². The van der Waals surface area contributed by atoms with Crippen LogP contribution in [0.1, 0.15) is 59.1 Å². The van der Waals surface area contributed by atoms with Crippen LogP contribution in [0.2, 0.25) is 0 Å². The Labute approximate surface area is 118 Å². The number of benzene rings is 1. The first-order chi connectivity index (χ1) is 8.99. The molecule has 0 saturated carbocycles. The molecule has 0 aliphatic rings. The molecule has 0 spiro atoms. The van der Waals surface area contributed by atoms with Gasteiger partial charge in [0.05, 0.1) is 6.61 Å². The van der Waals surface area contributed by atoms with Crippen molar-refractivity contribution in [3.05, 3.63) is 29.8 Å². The fourth-order valence-electron chi connectivity index (χ4n) is 2.22. The summed E-state index contributed by atoms with van der Waals surface area (Å²) < 4.78 is 5.74. The second kappa shape index (κ2) is 7.54. The highest BCUT2D eigenvalue weighted by molar-refractivity contribution is 5.31. The molecule has 2 nitrogen and oxygen atoms in total. The van der Waals surface area contributed by atoms with Gasteiger partial charge in [-0.2, -0.15) is 0 Å². The molecule has 0 heterocycles. The van der Waals surface area contributed by atoms with Gasteiger partial charge in [0.2, 0.25) is 0 Å². The Bertz CT molecular complexity index is 368. The minimum absolute atomic E-state index is 0.193. The molecule has 1 aromatic carbocycles. The molecule has 1 unspecified atom stereocenters. The quantitative estimate of drug-likeness (QED) is 0.778. The van der Waals surface area contributed by atoms with E-state index in [4.69, 9.17) is 4.74 Å². The van der Waals surface area contributed by atoms with Crippen LogP contribution in [0.25, 0.3) is 0 Å². The predicted molar refractivity (Wildman–Crippen MR) is 82.7 cm³/mol. The molecule has 0 aliphatic carbocycles. The smallest absolute Gasteiger partial charge is 0.119 e. The Kier molecular flexibility index (Phi) is 6.36. The predicted octanol–water partition coefficient (Wildman–Crippen LogP) is 4.56. The van der Waals surface area contributed by atoms with Crippen molar-refractivity contribution < 1.29 is 4.74 Å². The van der Waals surface area contributed by atoms with E-state index in [1.165, 1.54) is 5.56 Å². The summed E-state index contributed by atoms with van der Waals surface area (Å²) in [6.07, 6.45) is 2.19. The Morgan fingerprint density at radius 1 is 1.16 bits per heavy atom. The van der Waals surface area contributed by atoms with Crippen molar-refractivity contribution in [1.82, 2.24) is 5.32 Å². The van der Waals surface area contributed by atoms with E-state index in [2.05, 4.69) is 58.1 Å². The third kappa shape index (κ3) is 5.23. The van der Waals surface area contributed by atoms with E-state index in [-0.39, 0.29) is 5.41 Å².